The Morgan fingerprint density at radius 2 is 1.69 bits per heavy atom. The number of carbonyl (C=O) groups excluding carboxylic acids is 1. The zero-order valence-electron chi connectivity index (χ0n) is 22.3. The Bertz CT molecular complexity index is 1350. The van der Waals surface area contributed by atoms with E-state index in [0.717, 1.165) is 29.9 Å². The number of carbonyl (C=O) groups is 3. The van der Waals surface area contributed by atoms with Crippen molar-refractivity contribution in [1.29, 1.82) is 0 Å². The molecule has 0 aliphatic rings. The number of aromatic carboxylic acids is 1. The van der Waals surface area contributed by atoms with Gasteiger partial charge in [-0.15, -0.1) is 0 Å². The van der Waals surface area contributed by atoms with Crippen LogP contribution in [0.3, 0.4) is 0 Å². The largest absolute Gasteiger partial charge is 0.490 e. The van der Waals surface area contributed by atoms with Crippen molar-refractivity contribution < 1.29 is 37.8 Å². The van der Waals surface area contributed by atoms with Crippen molar-refractivity contribution in [3.05, 3.63) is 76.1 Å². The number of alkyl halides is 3. The smallest absolute Gasteiger partial charge is 0.478 e. The van der Waals surface area contributed by atoms with E-state index in [-0.39, 0.29) is 11.5 Å². The van der Waals surface area contributed by atoms with Crippen molar-refractivity contribution in [2.45, 2.75) is 46.8 Å². The first-order valence-corrected chi connectivity index (χ1v) is 11.9. The molecule has 0 bridgehead atoms. The summed E-state index contributed by atoms with van der Waals surface area (Å²) in [5, 5.41) is 24.3. The summed E-state index contributed by atoms with van der Waals surface area (Å²) in [5.74, 6) is -4.07. The maximum atomic E-state index is 12.5. The van der Waals surface area contributed by atoms with Gasteiger partial charge >= 0.3 is 18.1 Å². The number of nitrogens with one attached hydrogen (secondary N) is 1. The number of benzene rings is 2. The SMILES string of the molecule is CCn1nc(C)c(CCN(C)c2ccc(NC(=O)c3cccc(C)c3)cc2C(=O)O)c1C.O=C(O)C(F)(F)F. The molecule has 1 heterocycles. The Morgan fingerprint density at radius 3 is 2.21 bits per heavy atom. The number of likely N-dealkylation sites (N-methyl/N-ethyl adjacent to an activating group) is 1. The van der Waals surface area contributed by atoms with Crippen LogP contribution in [0.2, 0.25) is 0 Å². The third kappa shape index (κ3) is 8.32. The van der Waals surface area contributed by atoms with Gasteiger partial charge in [0.25, 0.3) is 5.91 Å². The lowest BCUT2D eigenvalue weighted by Gasteiger charge is -2.22. The summed E-state index contributed by atoms with van der Waals surface area (Å²) in [6.07, 6.45) is -4.32. The third-order valence-corrected chi connectivity index (χ3v) is 5.95. The van der Waals surface area contributed by atoms with Crippen molar-refractivity contribution in [2.24, 2.45) is 0 Å². The highest BCUT2D eigenvalue weighted by Gasteiger charge is 2.38. The number of amides is 1. The van der Waals surface area contributed by atoms with Crippen molar-refractivity contribution >= 4 is 29.2 Å². The standard InChI is InChI=1S/C25H30N4O3.C2HF3O2/c1-6-29-18(4)21(17(3)27-29)12-13-28(5)23-11-10-20(15-22(23)25(31)32)26-24(30)19-9-7-8-16(2)14-19;3-2(4,5)1(6)7/h7-11,14-15H,6,12-13H2,1-5H3,(H,26,30)(H,31,32);(H,6,7). The molecule has 0 unspecified atom stereocenters. The molecule has 3 N–H and O–H groups in total. The van der Waals surface area contributed by atoms with Gasteiger partial charge in [0.15, 0.2) is 0 Å². The first-order chi connectivity index (χ1) is 18.1. The molecule has 0 aliphatic carbocycles. The molecule has 3 aromatic rings. The number of aliphatic carboxylic acids is 1. The molecule has 3 rings (SSSR count). The van der Waals surface area contributed by atoms with E-state index in [1.807, 2.05) is 42.6 Å². The number of hydrogen-bond acceptors (Lipinski definition) is 5. The van der Waals surface area contributed by atoms with Gasteiger partial charge in [-0.25, -0.2) is 9.59 Å². The van der Waals surface area contributed by atoms with Gasteiger partial charge in [0.1, 0.15) is 0 Å². The van der Waals surface area contributed by atoms with Crippen LogP contribution in [0.15, 0.2) is 42.5 Å². The fourth-order valence-corrected chi connectivity index (χ4v) is 3.91. The van der Waals surface area contributed by atoms with Crippen LogP contribution in [0.5, 0.6) is 0 Å². The summed E-state index contributed by atoms with van der Waals surface area (Å²) in [6, 6.07) is 12.2. The van der Waals surface area contributed by atoms with E-state index >= 15 is 0 Å². The van der Waals surface area contributed by atoms with Gasteiger partial charge in [0.2, 0.25) is 0 Å². The molecule has 210 valence electrons. The monoisotopic (exact) mass is 548 g/mol. The van der Waals surface area contributed by atoms with Crippen LogP contribution >= 0.6 is 0 Å². The molecule has 1 amide bonds. The predicted octanol–water partition coefficient (Wildman–Crippen LogP) is 5.09. The molecule has 0 radical (unpaired) electrons. The van der Waals surface area contributed by atoms with Crippen LogP contribution < -0.4 is 10.2 Å². The Balaban J connectivity index is 0.000000673. The second-order valence-corrected chi connectivity index (χ2v) is 8.80. The molecule has 1 aromatic heterocycles. The number of carboxylic acid groups (broad SMARTS) is 2. The number of anilines is 2. The number of aryl methyl sites for hydroxylation is 3. The molecule has 12 heteroatoms. The Morgan fingerprint density at radius 1 is 1.05 bits per heavy atom. The topological polar surface area (TPSA) is 125 Å². The lowest BCUT2D eigenvalue weighted by molar-refractivity contribution is -0.192. The summed E-state index contributed by atoms with van der Waals surface area (Å²) in [7, 11) is 1.88. The molecular formula is C27H31F3N4O5. The molecule has 0 saturated heterocycles. The second kappa shape index (κ2) is 12.9. The second-order valence-electron chi connectivity index (χ2n) is 8.80. The lowest BCUT2D eigenvalue weighted by Crippen LogP contribution is -2.23. The van der Waals surface area contributed by atoms with Gasteiger partial charge in [-0.3, -0.25) is 9.48 Å². The van der Waals surface area contributed by atoms with E-state index in [9.17, 15) is 27.9 Å². The van der Waals surface area contributed by atoms with E-state index in [1.165, 1.54) is 11.6 Å². The molecule has 0 spiro atoms. The summed E-state index contributed by atoms with van der Waals surface area (Å²) in [5.41, 5.74) is 6.05. The Kier molecular flexibility index (Phi) is 10.2. The number of aromatic nitrogens is 2. The Hall–Kier alpha value is -4.35. The quantitative estimate of drug-likeness (QED) is 0.358. The molecule has 0 fully saturated rings. The van der Waals surface area contributed by atoms with E-state index < -0.39 is 18.1 Å². The number of nitrogens with zero attached hydrogens (tertiary/aromatic N) is 3. The first kappa shape index (κ1) is 30.9. The zero-order chi connectivity index (χ0) is 29.5. The zero-order valence-corrected chi connectivity index (χ0v) is 22.3. The van der Waals surface area contributed by atoms with Crippen LogP contribution in [0.25, 0.3) is 0 Å². The van der Waals surface area contributed by atoms with Crippen molar-refractivity contribution in [3.8, 4) is 0 Å². The maximum Gasteiger partial charge on any atom is 0.490 e. The lowest BCUT2D eigenvalue weighted by atomic mass is 10.1. The summed E-state index contributed by atoms with van der Waals surface area (Å²) in [4.78, 5) is 35.3. The minimum atomic E-state index is -5.08. The van der Waals surface area contributed by atoms with Crippen LogP contribution in [-0.2, 0) is 17.8 Å². The minimum absolute atomic E-state index is 0.146. The highest BCUT2D eigenvalue weighted by Crippen LogP contribution is 2.25. The van der Waals surface area contributed by atoms with Gasteiger partial charge < -0.3 is 20.4 Å². The van der Waals surface area contributed by atoms with Gasteiger partial charge in [-0.05, 0) is 70.0 Å². The number of carboxylic acids is 2. The fourth-order valence-electron chi connectivity index (χ4n) is 3.91. The summed E-state index contributed by atoms with van der Waals surface area (Å²) in [6.45, 7) is 9.51. The van der Waals surface area contributed by atoms with Crippen LogP contribution in [0.1, 0.15) is 50.2 Å². The van der Waals surface area contributed by atoms with Crippen molar-refractivity contribution in [3.63, 3.8) is 0 Å². The van der Waals surface area contributed by atoms with Crippen LogP contribution in [0.4, 0.5) is 24.5 Å². The average Bonchev–Trinajstić information content (AvgIpc) is 3.14. The molecular weight excluding hydrogens is 517 g/mol. The van der Waals surface area contributed by atoms with Crippen LogP contribution in [0, 0.1) is 20.8 Å². The van der Waals surface area contributed by atoms with Gasteiger partial charge in [-0.2, -0.15) is 18.3 Å². The van der Waals surface area contributed by atoms with E-state index in [1.54, 1.807) is 24.3 Å². The molecule has 9 nitrogen and oxygen atoms in total. The minimum Gasteiger partial charge on any atom is -0.478 e. The summed E-state index contributed by atoms with van der Waals surface area (Å²) >= 11 is 0. The normalized spacial score (nSPS) is 10.9. The van der Waals surface area contributed by atoms with E-state index in [2.05, 4.69) is 24.3 Å². The fraction of sp³-hybridized carbons (Fsp3) is 0.333. The van der Waals surface area contributed by atoms with Crippen molar-refractivity contribution in [2.75, 3.05) is 23.8 Å². The molecule has 2 aromatic carbocycles. The number of hydrogen-bond donors (Lipinski definition) is 3. The van der Waals surface area contributed by atoms with E-state index in [4.69, 9.17) is 9.90 Å². The highest BCUT2D eigenvalue weighted by atomic mass is 19.4. The summed E-state index contributed by atoms with van der Waals surface area (Å²) < 4.78 is 33.7. The first-order valence-electron chi connectivity index (χ1n) is 11.9. The third-order valence-electron chi connectivity index (χ3n) is 5.95. The predicted molar refractivity (Wildman–Crippen MR) is 141 cm³/mol. The molecule has 39 heavy (non-hydrogen) atoms. The molecule has 0 saturated carbocycles. The van der Waals surface area contributed by atoms with Gasteiger partial charge in [0, 0.05) is 37.1 Å². The molecule has 0 atom stereocenters. The number of halogens is 3. The van der Waals surface area contributed by atoms with Gasteiger partial charge in [0.05, 0.1) is 16.9 Å². The van der Waals surface area contributed by atoms with Crippen molar-refractivity contribution in [1.82, 2.24) is 9.78 Å². The Labute approximate surface area is 223 Å². The number of rotatable bonds is 8. The van der Waals surface area contributed by atoms with Crippen LogP contribution in [-0.4, -0.2) is 57.6 Å². The average molecular weight is 549 g/mol. The highest BCUT2D eigenvalue weighted by molar-refractivity contribution is 6.05. The maximum absolute atomic E-state index is 12.5. The molecule has 0 aliphatic heterocycles. The van der Waals surface area contributed by atoms with Gasteiger partial charge in [-0.1, -0.05) is 17.7 Å². The van der Waals surface area contributed by atoms with E-state index in [0.29, 0.717) is 23.5 Å².